The monoisotopic (exact) mass is 333 g/mol. The SMILES string of the molecule is COc1ccc2nc(C)cc(Cl)c2c1I. The molecular formula is C11H9ClINO. The van der Waals surface area contributed by atoms with Crippen LogP contribution in [0.25, 0.3) is 10.9 Å². The molecule has 2 rings (SSSR count). The van der Waals surface area contributed by atoms with E-state index in [2.05, 4.69) is 27.6 Å². The highest BCUT2D eigenvalue weighted by Gasteiger charge is 2.10. The highest BCUT2D eigenvalue weighted by molar-refractivity contribution is 14.1. The first kappa shape index (κ1) is 11.0. The van der Waals surface area contributed by atoms with Crippen LogP contribution in [0.5, 0.6) is 5.75 Å². The van der Waals surface area contributed by atoms with E-state index in [1.165, 1.54) is 0 Å². The fourth-order valence-corrected chi connectivity index (χ4v) is 2.98. The third kappa shape index (κ3) is 1.90. The van der Waals surface area contributed by atoms with E-state index in [-0.39, 0.29) is 0 Å². The maximum absolute atomic E-state index is 6.20. The summed E-state index contributed by atoms with van der Waals surface area (Å²) < 4.78 is 6.25. The molecule has 0 saturated carbocycles. The molecule has 0 aliphatic rings. The number of methoxy groups -OCH3 is 1. The molecule has 0 amide bonds. The van der Waals surface area contributed by atoms with Crippen LogP contribution in [0, 0.1) is 10.5 Å². The van der Waals surface area contributed by atoms with E-state index < -0.39 is 0 Å². The van der Waals surface area contributed by atoms with E-state index in [1.54, 1.807) is 7.11 Å². The quantitative estimate of drug-likeness (QED) is 0.740. The lowest BCUT2D eigenvalue weighted by molar-refractivity contribution is 0.412. The van der Waals surface area contributed by atoms with Crippen LogP contribution in [0.4, 0.5) is 0 Å². The number of nitrogens with zero attached hydrogens (tertiary/aromatic N) is 1. The summed E-state index contributed by atoms with van der Waals surface area (Å²) in [6.07, 6.45) is 0. The van der Waals surface area contributed by atoms with Gasteiger partial charge in [-0.15, -0.1) is 0 Å². The Kier molecular flexibility index (Phi) is 3.02. The number of fused-ring (bicyclic) bond motifs is 1. The van der Waals surface area contributed by atoms with Gasteiger partial charge in [0.2, 0.25) is 0 Å². The standard InChI is InChI=1S/C11H9ClINO/c1-6-5-7(12)10-8(14-6)3-4-9(15-2)11(10)13/h3-5H,1-2H3. The Morgan fingerprint density at radius 2 is 2.13 bits per heavy atom. The van der Waals surface area contributed by atoms with E-state index in [9.17, 15) is 0 Å². The third-order valence-electron chi connectivity index (χ3n) is 2.18. The fourth-order valence-electron chi connectivity index (χ4n) is 1.50. The van der Waals surface area contributed by atoms with Gasteiger partial charge in [0, 0.05) is 11.1 Å². The predicted octanol–water partition coefficient (Wildman–Crippen LogP) is 3.81. The summed E-state index contributed by atoms with van der Waals surface area (Å²) in [6, 6.07) is 5.70. The van der Waals surface area contributed by atoms with E-state index >= 15 is 0 Å². The van der Waals surface area contributed by atoms with E-state index in [0.29, 0.717) is 0 Å². The highest BCUT2D eigenvalue weighted by atomic mass is 127. The highest BCUT2D eigenvalue weighted by Crippen LogP contribution is 2.33. The lowest BCUT2D eigenvalue weighted by Gasteiger charge is -2.08. The lowest BCUT2D eigenvalue weighted by atomic mass is 10.2. The number of hydrogen-bond acceptors (Lipinski definition) is 2. The van der Waals surface area contributed by atoms with Crippen molar-refractivity contribution in [2.75, 3.05) is 7.11 Å². The molecule has 1 heterocycles. The van der Waals surface area contributed by atoms with Gasteiger partial charge in [0.05, 0.1) is 21.2 Å². The molecule has 1 aromatic carbocycles. The maximum Gasteiger partial charge on any atom is 0.132 e. The number of rotatable bonds is 1. The Hall–Kier alpha value is -0.550. The van der Waals surface area contributed by atoms with Crippen molar-refractivity contribution < 1.29 is 4.74 Å². The van der Waals surface area contributed by atoms with E-state index in [0.717, 1.165) is 30.9 Å². The van der Waals surface area contributed by atoms with Gasteiger partial charge in [0.15, 0.2) is 0 Å². The van der Waals surface area contributed by atoms with Gasteiger partial charge in [-0.25, -0.2) is 0 Å². The number of aryl methyl sites for hydroxylation is 1. The zero-order chi connectivity index (χ0) is 11.0. The molecule has 2 aromatic rings. The van der Waals surface area contributed by atoms with Crippen LogP contribution in [0.15, 0.2) is 18.2 Å². The topological polar surface area (TPSA) is 22.1 Å². The molecule has 0 spiro atoms. The van der Waals surface area contributed by atoms with Crippen molar-refractivity contribution in [2.45, 2.75) is 6.92 Å². The number of hydrogen-bond donors (Lipinski definition) is 0. The summed E-state index contributed by atoms with van der Waals surface area (Å²) in [5, 5.41) is 1.68. The van der Waals surface area contributed by atoms with Crippen molar-refractivity contribution in [2.24, 2.45) is 0 Å². The van der Waals surface area contributed by atoms with Gasteiger partial charge in [-0.05, 0) is 47.7 Å². The van der Waals surface area contributed by atoms with Gasteiger partial charge in [0.25, 0.3) is 0 Å². The Morgan fingerprint density at radius 1 is 1.40 bits per heavy atom. The molecule has 0 bridgehead atoms. The Morgan fingerprint density at radius 3 is 2.80 bits per heavy atom. The summed E-state index contributed by atoms with van der Waals surface area (Å²) in [5.41, 5.74) is 1.83. The molecule has 0 fully saturated rings. The molecular weight excluding hydrogens is 324 g/mol. The smallest absolute Gasteiger partial charge is 0.132 e. The van der Waals surface area contributed by atoms with Crippen molar-refractivity contribution in [3.8, 4) is 5.75 Å². The molecule has 0 radical (unpaired) electrons. The average molecular weight is 334 g/mol. The molecule has 78 valence electrons. The van der Waals surface area contributed by atoms with Crippen LogP contribution in [0.3, 0.4) is 0 Å². The molecule has 0 aliphatic heterocycles. The van der Waals surface area contributed by atoms with E-state index in [4.69, 9.17) is 16.3 Å². The van der Waals surface area contributed by atoms with Gasteiger partial charge in [-0.1, -0.05) is 11.6 Å². The molecule has 0 atom stereocenters. The first-order valence-corrected chi connectivity index (χ1v) is 5.88. The van der Waals surface area contributed by atoms with Crippen molar-refractivity contribution >= 4 is 45.1 Å². The Balaban J connectivity index is 2.87. The largest absolute Gasteiger partial charge is 0.496 e. The first-order valence-electron chi connectivity index (χ1n) is 4.43. The predicted molar refractivity (Wildman–Crippen MR) is 70.8 cm³/mol. The summed E-state index contributed by atoms with van der Waals surface area (Å²) in [6.45, 7) is 1.93. The van der Waals surface area contributed by atoms with Crippen LogP contribution in [0.1, 0.15) is 5.69 Å². The molecule has 2 nitrogen and oxygen atoms in total. The van der Waals surface area contributed by atoms with Gasteiger partial charge >= 0.3 is 0 Å². The summed E-state index contributed by atoms with van der Waals surface area (Å²) in [5.74, 6) is 0.829. The van der Waals surface area contributed by atoms with Crippen LogP contribution in [-0.2, 0) is 0 Å². The zero-order valence-electron chi connectivity index (χ0n) is 8.34. The molecule has 0 saturated heterocycles. The number of ether oxygens (including phenoxy) is 1. The van der Waals surface area contributed by atoms with Crippen LogP contribution >= 0.6 is 34.2 Å². The molecule has 1 aromatic heterocycles. The summed E-state index contributed by atoms with van der Waals surface area (Å²) >= 11 is 8.42. The maximum atomic E-state index is 6.20. The summed E-state index contributed by atoms with van der Waals surface area (Å²) in [4.78, 5) is 4.43. The Bertz CT molecular complexity index is 527. The van der Waals surface area contributed by atoms with Crippen LogP contribution < -0.4 is 4.74 Å². The number of pyridine rings is 1. The molecule has 0 aliphatic carbocycles. The number of halogens is 2. The Labute approximate surface area is 107 Å². The minimum Gasteiger partial charge on any atom is -0.496 e. The number of aromatic nitrogens is 1. The second-order valence-electron chi connectivity index (χ2n) is 3.22. The minimum absolute atomic E-state index is 0.723. The first-order chi connectivity index (χ1) is 7.13. The van der Waals surface area contributed by atoms with Gasteiger partial charge in [-0.2, -0.15) is 0 Å². The van der Waals surface area contributed by atoms with Crippen molar-refractivity contribution in [1.82, 2.24) is 4.98 Å². The van der Waals surface area contributed by atoms with Crippen molar-refractivity contribution in [3.63, 3.8) is 0 Å². The second-order valence-corrected chi connectivity index (χ2v) is 4.71. The van der Waals surface area contributed by atoms with Crippen molar-refractivity contribution in [1.29, 1.82) is 0 Å². The molecule has 4 heteroatoms. The second kappa shape index (κ2) is 4.14. The average Bonchev–Trinajstić information content (AvgIpc) is 2.17. The molecule has 0 N–H and O–H groups in total. The molecule has 15 heavy (non-hydrogen) atoms. The zero-order valence-corrected chi connectivity index (χ0v) is 11.3. The molecule has 0 unspecified atom stereocenters. The summed E-state index contributed by atoms with van der Waals surface area (Å²) in [7, 11) is 1.65. The van der Waals surface area contributed by atoms with Crippen LogP contribution in [0.2, 0.25) is 5.02 Å². The third-order valence-corrected chi connectivity index (χ3v) is 3.54. The van der Waals surface area contributed by atoms with Crippen LogP contribution in [-0.4, -0.2) is 12.1 Å². The minimum atomic E-state index is 0.723. The van der Waals surface area contributed by atoms with Gasteiger partial charge in [0.1, 0.15) is 5.75 Å². The number of benzene rings is 1. The normalized spacial score (nSPS) is 10.7. The van der Waals surface area contributed by atoms with Crippen molar-refractivity contribution in [3.05, 3.63) is 32.5 Å². The lowest BCUT2D eigenvalue weighted by Crippen LogP contribution is -1.91. The fraction of sp³-hybridized carbons (Fsp3) is 0.182. The van der Waals surface area contributed by atoms with Gasteiger partial charge in [-0.3, -0.25) is 4.98 Å². The van der Waals surface area contributed by atoms with E-state index in [1.807, 2.05) is 25.1 Å². The van der Waals surface area contributed by atoms with Gasteiger partial charge < -0.3 is 4.74 Å².